The van der Waals surface area contributed by atoms with Gasteiger partial charge in [0.25, 0.3) is 0 Å². The number of fused-ring (bicyclic) bond motifs is 1. The fourth-order valence-electron chi connectivity index (χ4n) is 4.16. The molecule has 1 aliphatic rings. The topological polar surface area (TPSA) is 36.4 Å². The molecule has 0 saturated carbocycles. The van der Waals surface area contributed by atoms with Crippen LogP contribution in [0.15, 0.2) is 94.4 Å². The first kappa shape index (κ1) is 22.0. The van der Waals surface area contributed by atoms with E-state index in [-0.39, 0.29) is 5.78 Å². The van der Waals surface area contributed by atoms with E-state index in [0.29, 0.717) is 5.75 Å². The molecule has 2 heterocycles. The number of nitrogens with zero attached hydrogens (tertiary/aromatic N) is 3. The molecule has 33 heavy (non-hydrogen) atoms. The molecule has 1 aromatic heterocycles. The highest BCUT2D eigenvalue weighted by Gasteiger charge is 2.18. The fourth-order valence-corrected chi connectivity index (χ4v) is 5.36. The van der Waals surface area contributed by atoms with Gasteiger partial charge in [0.2, 0.25) is 0 Å². The maximum absolute atomic E-state index is 12.8. The van der Waals surface area contributed by atoms with Crippen molar-refractivity contribution < 1.29 is 4.79 Å². The Labute approximate surface area is 206 Å². The Balaban J connectivity index is 1.18. The van der Waals surface area contributed by atoms with Crippen molar-refractivity contribution in [3.05, 3.63) is 95.1 Å². The molecule has 0 amide bonds. The number of halogens is 1. The number of hydrogen-bond donors (Lipinski definition) is 0. The monoisotopic (exact) mass is 517 g/mol. The molecule has 0 radical (unpaired) electrons. The van der Waals surface area contributed by atoms with Gasteiger partial charge in [-0.05, 0) is 60.7 Å². The number of carbonyl (C=O) groups excluding carboxylic acids is 1. The number of rotatable bonds is 6. The van der Waals surface area contributed by atoms with E-state index in [1.54, 1.807) is 18.0 Å². The molecule has 0 bridgehead atoms. The predicted molar refractivity (Wildman–Crippen MR) is 142 cm³/mol. The molecule has 1 saturated heterocycles. The molecule has 166 valence electrons. The number of thioether (sulfide) groups is 1. The normalized spacial score (nSPS) is 14.0. The lowest BCUT2D eigenvalue weighted by Crippen LogP contribution is -2.46. The lowest BCUT2D eigenvalue weighted by atomic mass is 10.1. The van der Waals surface area contributed by atoms with Crippen molar-refractivity contribution >= 4 is 55.8 Å². The first-order valence-corrected chi connectivity index (χ1v) is 12.8. The van der Waals surface area contributed by atoms with Gasteiger partial charge in [-0.1, -0.05) is 34.1 Å². The zero-order chi connectivity index (χ0) is 22.6. The van der Waals surface area contributed by atoms with Crippen molar-refractivity contribution in [1.29, 1.82) is 0 Å². The molecule has 0 spiro atoms. The molecule has 3 aromatic carbocycles. The molecule has 4 aromatic rings. The number of piperazine rings is 1. The van der Waals surface area contributed by atoms with Crippen molar-refractivity contribution in [2.24, 2.45) is 0 Å². The van der Waals surface area contributed by atoms with E-state index in [9.17, 15) is 4.79 Å². The fraction of sp³-hybridized carbons (Fsp3) is 0.185. The highest BCUT2D eigenvalue weighted by molar-refractivity contribution is 9.10. The van der Waals surface area contributed by atoms with Gasteiger partial charge in [-0.2, -0.15) is 0 Å². The largest absolute Gasteiger partial charge is 0.368 e. The van der Waals surface area contributed by atoms with E-state index in [1.165, 1.54) is 11.4 Å². The van der Waals surface area contributed by atoms with Crippen molar-refractivity contribution in [2.45, 2.75) is 4.90 Å². The Kier molecular flexibility index (Phi) is 6.65. The number of anilines is 2. The molecule has 5 rings (SSSR count). The number of carbonyl (C=O) groups is 1. The minimum absolute atomic E-state index is 0.146. The van der Waals surface area contributed by atoms with Gasteiger partial charge in [-0.25, -0.2) is 0 Å². The van der Waals surface area contributed by atoms with Gasteiger partial charge in [0.15, 0.2) is 5.78 Å². The summed E-state index contributed by atoms with van der Waals surface area (Å²) in [7, 11) is 0. The lowest BCUT2D eigenvalue weighted by molar-refractivity contribution is 0.102. The summed E-state index contributed by atoms with van der Waals surface area (Å²) in [6, 6.07) is 26.6. The minimum atomic E-state index is 0.146. The molecule has 0 atom stereocenters. The number of aromatic nitrogens is 1. The molecular formula is C27H24BrN3OS. The summed E-state index contributed by atoms with van der Waals surface area (Å²) in [5.41, 5.74) is 4.16. The van der Waals surface area contributed by atoms with Crippen LogP contribution in [0.3, 0.4) is 0 Å². The Bertz CT molecular complexity index is 1250. The second-order valence-electron chi connectivity index (χ2n) is 8.04. The van der Waals surface area contributed by atoms with Gasteiger partial charge < -0.3 is 9.80 Å². The molecular weight excluding hydrogens is 494 g/mol. The van der Waals surface area contributed by atoms with E-state index >= 15 is 0 Å². The maximum Gasteiger partial charge on any atom is 0.173 e. The number of para-hydroxylation sites is 1. The molecule has 0 unspecified atom stereocenters. The summed E-state index contributed by atoms with van der Waals surface area (Å²) in [6.45, 7) is 3.90. The van der Waals surface area contributed by atoms with Gasteiger partial charge in [0.05, 0.1) is 11.3 Å². The third-order valence-corrected chi connectivity index (χ3v) is 7.60. The highest BCUT2D eigenvalue weighted by Crippen LogP contribution is 2.28. The van der Waals surface area contributed by atoms with Gasteiger partial charge in [-0.15, -0.1) is 11.8 Å². The first-order chi connectivity index (χ1) is 16.2. The SMILES string of the molecule is O=C(CSc1ccnc2ccccc12)c1ccc(N2CCN(c3ccc(Br)cc3)CC2)cc1. The predicted octanol–water partition coefficient (Wildman–Crippen LogP) is 6.30. The summed E-state index contributed by atoms with van der Waals surface area (Å²) < 4.78 is 1.10. The lowest BCUT2D eigenvalue weighted by Gasteiger charge is -2.37. The van der Waals surface area contributed by atoms with Crippen LogP contribution < -0.4 is 9.80 Å². The molecule has 0 aliphatic carbocycles. The van der Waals surface area contributed by atoms with Crippen LogP contribution in [-0.2, 0) is 0 Å². The Morgan fingerprint density at radius 1 is 0.818 bits per heavy atom. The van der Waals surface area contributed by atoms with Gasteiger partial charge in [-0.3, -0.25) is 9.78 Å². The van der Waals surface area contributed by atoms with E-state index in [4.69, 9.17) is 0 Å². The third kappa shape index (κ3) is 5.07. The van der Waals surface area contributed by atoms with Crippen LogP contribution in [0.4, 0.5) is 11.4 Å². The van der Waals surface area contributed by atoms with Crippen LogP contribution in [0.5, 0.6) is 0 Å². The summed E-state index contributed by atoms with van der Waals surface area (Å²) >= 11 is 5.08. The summed E-state index contributed by atoms with van der Waals surface area (Å²) in [5.74, 6) is 0.562. The van der Waals surface area contributed by atoms with Crippen LogP contribution >= 0.6 is 27.7 Å². The molecule has 4 nitrogen and oxygen atoms in total. The van der Waals surface area contributed by atoms with E-state index < -0.39 is 0 Å². The molecule has 0 N–H and O–H groups in total. The summed E-state index contributed by atoms with van der Waals surface area (Å²) in [6.07, 6.45) is 1.81. The zero-order valence-corrected chi connectivity index (χ0v) is 20.6. The number of Topliss-reactive ketones (excluding diaryl/α,β-unsaturated/α-hetero) is 1. The molecule has 6 heteroatoms. The number of pyridine rings is 1. The number of hydrogen-bond acceptors (Lipinski definition) is 5. The number of benzene rings is 3. The Hall–Kier alpha value is -2.83. The summed E-state index contributed by atoms with van der Waals surface area (Å²) in [5, 5.41) is 1.09. The van der Waals surface area contributed by atoms with E-state index in [2.05, 4.69) is 73.2 Å². The average molecular weight is 518 g/mol. The quantitative estimate of drug-likeness (QED) is 0.221. The zero-order valence-electron chi connectivity index (χ0n) is 18.2. The number of ketones is 1. The van der Waals surface area contributed by atoms with Crippen LogP contribution in [0.1, 0.15) is 10.4 Å². The van der Waals surface area contributed by atoms with Crippen LogP contribution in [-0.4, -0.2) is 42.7 Å². The van der Waals surface area contributed by atoms with Crippen molar-refractivity contribution in [3.63, 3.8) is 0 Å². The van der Waals surface area contributed by atoms with E-state index in [0.717, 1.165) is 52.0 Å². The van der Waals surface area contributed by atoms with Gasteiger partial charge in [0, 0.05) is 64.1 Å². The van der Waals surface area contributed by atoms with E-state index in [1.807, 2.05) is 36.4 Å². The van der Waals surface area contributed by atoms with Crippen LogP contribution in [0.2, 0.25) is 0 Å². The van der Waals surface area contributed by atoms with Crippen molar-refractivity contribution in [2.75, 3.05) is 41.7 Å². The van der Waals surface area contributed by atoms with Crippen molar-refractivity contribution in [3.8, 4) is 0 Å². The minimum Gasteiger partial charge on any atom is -0.368 e. The van der Waals surface area contributed by atoms with Gasteiger partial charge >= 0.3 is 0 Å². The Morgan fingerprint density at radius 2 is 1.42 bits per heavy atom. The maximum atomic E-state index is 12.8. The smallest absolute Gasteiger partial charge is 0.173 e. The molecule has 1 aliphatic heterocycles. The first-order valence-electron chi connectivity index (χ1n) is 11.0. The standard InChI is InChI=1S/C27H24BrN3OS/c28-21-7-11-23(12-8-21)31-17-15-30(16-18-31)22-9-5-20(6-10-22)26(32)19-33-27-13-14-29-25-4-2-1-3-24(25)27/h1-14H,15-19H2. The average Bonchev–Trinajstić information content (AvgIpc) is 2.88. The Morgan fingerprint density at radius 3 is 2.09 bits per heavy atom. The van der Waals surface area contributed by atoms with Crippen LogP contribution in [0, 0.1) is 0 Å². The highest BCUT2D eigenvalue weighted by atomic mass is 79.9. The molecule has 1 fully saturated rings. The van der Waals surface area contributed by atoms with Gasteiger partial charge in [0.1, 0.15) is 0 Å². The van der Waals surface area contributed by atoms with Crippen LogP contribution in [0.25, 0.3) is 10.9 Å². The summed E-state index contributed by atoms with van der Waals surface area (Å²) in [4.78, 5) is 23.1. The second-order valence-corrected chi connectivity index (χ2v) is 9.97. The van der Waals surface area contributed by atoms with Crippen molar-refractivity contribution in [1.82, 2.24) is 4.98 Å². The second kappa shape index (κ2) is 9.98. The third-order valence-electron chi connectivity index (χ3n) is 5.99.